The summed E-state index contributed by atoms with van der Waals surface area (Å²) >= 11 is 0. The lowest BCUT2D eigenvalue weighted by molar-refractivity contribution is 0.584. The average Bonchev–Trinajstić information content (AvgIpc) is 2.19. The maximum Gasteiger partial charge on any atom is 0.133 e. The topological polar surface area (TPSA) is 15.3 Å². The average molecular weight is 179 g/mol. The second kappa shape index (κ2) is 3.75. The van der Waals surface area contributed by atoms with Crippen LogP contribution in [0.25, 0.3) is 0 Å². The van der Waals surface area contributed by atoms with Crippen molar-refractivity contribution in [3.8, 4) is 0 Å². The maximum atomic E-state index is 12.8. The number of benzene rings is 1. The van der Waals surface area contributed by atoms with Crippen LogP contribution >= 0.6 is 0 Å². The van der Waals surface area contributed by atoms with Crippen molar-refractivity contribution < 1.29 is 4.39 Å². The fourth-order valence-corrected chi connectivity index (χ4v) is 1.55. The summed E-state index contributed by atoms with van der Waals surface area (Å²) in [6.07, 6.45) is 0. The van der Waals surface area contributed by atoms with Gasteiger partial charge in [-0.2, -0.15) is 0 Å². The predicted octanol–water partition coefficient (Wildman–Crippen LogP) is 1.04. The fourth-order valence-electron chi connectivity index (χ4n) is 1.55. The third-order valence-corrected chi connectivity index (χ3v) is 2.23. The van der Waals surface area contributed by atoms with Crippen LogP contribution in [0.15, 0.2) is 18.2 Å². The van der Waals surface area contributed by atoms with Crippen LogP contribution in [0.2, 0.25) is 0 Å². The number of piperazine rings is 1. The molecule has 13 heavy (non-hydrogen) atoms. The van der Waals surface area contributed by atoms with E-state index in [9.17, 15) is 4.39 Å². The normalized spacial score (nSPS) is 17.5. The molecule has 3 heteroatoms. The van der Waals surface area contributed by atoms with Crippen molar-refractivity contribution in [1.29, 1.82) is 0 Å². The summed E-state index contributed by atoms with van der Waals surface area (Å²) in [5.41, 5.74) is 0.956. The lowest BCUT2D eigenvalue weighted by Gasteiger charge is -2.29. The van der Waals surface area contributed by atoms with Gasteiger partial charge < -0.3 is 10.2 Å². The van der Waals surface area contributed by atoms with Crippen molar-refractivity contribution in [2.75, 3.05) is 31.1 Å². The molecule has 0 spiro atoms. The van der Waals surface area contributed by atoms with Crippen LogP contribution in [0.1, 0.15) is 0 Å². The van der Waals surface area contributed by atoms with E-state index in [1.807, 2.05) is 6.07 Å². The molecular formula is C10H12FN2. The molecule has 1 aromatic rings. The zero-order valence-electron chi connectivity index (χ0n) is 7.39. The van der Waals surface area contributed by atoms with Crippen LogP contribution in [0, 0.1) is 11.9 Å². The monoisotopic (exact) mass is 179 g/mol. The first kappa shape index (κ1) is 8.51. The van der Waals surface area contributed by atoms with Gasteiger partial charge in [0.05, 0.1) is 0 Å². The van der Waals surface area contributed by atoms with E-state index < -0.39 is 0 Å². The van der Waals surface area contributed by atoms with Crippen molar-refractivity contribution in [3.63, 3.8) is 0 Å². The second-order valence-corrected chi connectivity index (χ2v) is 3.13. The lowest BCUT2D eigenvalue weighted by atomic mass is 10.2. The first-order valence-electron chi connectivity index (χ1n) is 4.49. The summed E-state index contributed by atoms with van der Waals surface area (Å²) in [6, 6.07) is 7.56. The predicted molar refractivity (Wildman–Crippen MR) is 50.3 cm³/mol. The zero-order valence-corrected chi connectivity index (χ0v) is 7.39. The Morgan fingerprint density at radius 3 is 2.85 bits per heavy atom. The second-order valence-electron chi connectivity index (χ2n) is 3.13. The first-order valence-corrected chi connectivity index (χ1v) is 4.49. The summed E-state index contributed by atoms with van der Waals surface area (Å²) in [5.74, 6) is -0.281. The Morgan fingerprint density at radius 2 is 2.15 bits per heavy atom. The van der Waals surface area contributed by atoms with Gasteiger partial charge in [-0.25, -0.2) is 4.39 Å². The molecular weight excluding hydrogens is 167 g/mol. The smallest absolute Gasteiger partial charge is 0.133 e. The highest BCUT2D eigenvalue weighted by atomic mass is 19.1. The lowest BCUT2D eigenvalue weighted by Crippen LogP contribution is -2.43. The molecule has 1 aliphatic rings. The number of nitrogens with zero attached hydrogens (tertiary/aromatic N) is 1. The Balaban J connectivity index is 2.14. The summed E-state index contributed by atoms with van der Waals surface area (Å²) in [4.78, 5) is 2.17. The third-order valence-electron chi connectivity index (χ3n) is 2.23. The molecule has 0 unspecified atom stereocenters. The highest BCUT2D eigenvalue weighted by Gasteiger charge is 2.10. The Hall–Kier alpha value is -1.09. The molecule has 0 aromatic heterocycles. The minimum absolute atomic E-state index is 0.281. The van der Waals surface area contributed by atoms with Gasteiger partial charge >= 0.3 is 0 Å². The number of halogens is 1. The highest BCUT2D eigenvalue weighted by Crippen LogP contribution is 2.15. The van der Waals surface area contributed by atoms with Gasteiger partial charge in [0.1, 0.15) is 5.82 Å². The van der Waals surface area contributed by atoms with Gasteiger partial charge in [-0.15, -0.1) is 0 Å². The molecule has 2 rings (SSSR count). The van der Waals surface area contributed by atoms with Crippen LogP contribution in [0.4, 0.5) is 10.1 Å². The molecule has 2 nitrogen and oxygen atoms in total. The highest BCUT2D eigenvalue weighted by molar-refractivity contribution is 5.46. The molecule has 0 aliphatic carbocycles. The van der Waals surface area contributed by atoms with E-state index in [-0.39, 0.29) is 5.82 Å². The van der Waals surface area contributed by atoms with E-state index in [4.69, 9.17) is 0 Å². The first-order chi connectivity index (χ1) is 6.36. The number of anilines is 1. The van der Waals surface area contributed by atoms with Gasteiger partial charge in [0.2, 0.25) is 0 Å². The van der Waals surface area contributed by atoms with Crippen molar-refractivity contribution in [1.82, 2.24) is 5.32 Å². The molecule has 69 valence electrons. The molecule has 0 bridgehead atoms. The van der Waals surface area contributed by atoms with Crippen LogP contribution in [0.5, 0.6) is 0 Å². The van der Waals surface area contributed by atoms with Crippen LogP contribution < -0.4 is 10.2 Å². The summed E-state index contributed by atoms with van der Waals surface area (Å²) < 4.78 is 12.8. The van der Waals surface area contributed by atoms with Crippen molar-refractivity contribution in [2.45, 2.75) is 0 Å². The number of hydrogen-bond acceptors (Lipinski definition) is 2. The van der Waals surface area contributed by atoms with Gasteiger partial charge in [-0.1, -0.05) is 0 Å². The summed E-state index contributed by atoms with van der Waals surface area (Å²) in [5, 5.41) is 3.26. The molecule has 1 aromatic carbocycles. The standard InChI is InChI=1S/C10H12FN2/c11-9-2-1-3-10(8-9)13-6-4-12-5-7-13/h1,3,8,12H,4-7H2. The van der Waals surface area contributed by atoms with Crippen LogP contribution in [-0.2, 0) is 0 Å². The summed E-state index contributed by atoms with van der Waals surface area (Å²) in [7, 11) is 0. The molecule has 1 heterocycles. The third kappa shape index (κ3) is 1.98. The quantitative estimate of drug-likeness (QED) is 0.692. The largest absolute Gasteiger partial charge is 0.369 e. The molecule has 0 atom stereocenters. The zero-order chi connectivity index (χ0) is 9.10. The Kier molecular flexibility index (Phi) is 2.45. The molecule has 1 radical (unpaired) electrons. The van der Waals surface area contributed by atoms with Crippen LogP contribution in [0.3, 0.4) is 0 Å². The molecule has 0 amide bonds. The van der Waals surface area contributed by atoms with E-state index in [0.29, 0.717) is 0 Å². The van der Waals surface area contributed by atoms with E-state index in [0.717, 1.165) is 31.9 Å². The van der Waals surface area contributed by atoms with E-state index in [2.05, 4.69) is 16.3 Å². The fraction of sp³-hybridized carbons (Fsp3) is 0.400. The Labute approximate surface area is 77.4 Å². The van der Waals surface area contributed by atoms with Gasteiger partial charge in [-0.05, 0) is 18.2 Å². The number of hydrogen-bond donors (Lipinski definition) is 1. The number of nitrogens with one attached hydrogen (secondary N) is 1. The molecule has 0 saturated carbocycles. The van der Waals surface area contributed by atoms with Gasteiger partial charge in [-0.3, -0.25) is 0 Å². The van der Waals surface area contributed by atoms with Crippen LogP contribution in [-0.4, -0.2) is 26.2 Å². The van der Waals surface area contributed by atoms with Crippen molar-refractivity contribution >= 4 is 5.69 Å². The molecule has 1 saturated heterocycles. The molecule has 1 fully saturated rings. The maximum absolute atomic E-state index is 12.8. The summed E-state index contributed by atoms with van der Waals surface area (Å²) in [6.45, 7) is 3.84. The SMILES string of the molecule is Fc1[c]ccc(N2CCNCC2)c1. The van der Waals surface area contributed by atoms with Gasteiger partial charge in [0.15, 0.2) is 0 Å². The molecule has 1 aliphatic heterocycles. The minimum Gasteiger partial charge on any atom is -0.369 e. The van der Waals surface area contributed by atoms with Crippen molar-refractivity contribution in [3.05, 3.63) is 30.1 Å². The van der Waals surface area contributed by atoms with Gasteiger partial charge in [0, 0.05) is 37.9 Å². The van der Waals surface area contributed by atoms with Gasteiger partial charge in [0.25, 0.3) is 0 Å². The van der Waals surface area contributed by atoms with E-state index in [1.54, 1.807) is 6.07 Å². The Morgan fingerprint density at radius 1 is 1.38 bits per heavy atom. The minimum atomic E-state index is -0.281. The van der Waals surface area contributed by atoms with Crippen molar-refractivity contribution in [2.24, 2.45) is 0 Å². The Bertz CT molecular complexity index is 282. The van der Waals surface area contributed by atoms with E-state index in [1.165, 1.54) is 6.07 Å². The molecule has 1 N–H and O–H groups in total. The van der Waals surface area contributed by atoms with E-state index >= 15 is 0 Å². The number of rotatable bonds is 1.